The lowest BCUT2D eigenvalue weighted by molar-refractivity contribution is 0.112. The van der Waals surface area contributed by atoms with Crippen LogP contribution in [0.2, 0.25) is 0 Å². The monoisotopic (exact) mass is 192 g/mol. The molecule has 0 amide bonds. The van der Waals surface area contributed by atoms with E-state index in [1.165, 1.54) is 0 Å². The van der Waals surface area contributed by atoms with Gasteiger partial charge in [0, 0.05) is 12.2 Å². The van der Waals surface area contributed by atoms with E-state index in [1.54, 1.807) is 0 Å². The van der Waals surface area contributed by atoms with Crippen LogP contribution in [0.1, 0.15) is 35.1 Å². The van der Waals surface area contributed by atoms with E-state index in [0.717, 1.165) is 36.2 Å². The molecule has 0 aliphatic rings. The summed E-state index contributed by atoms with van der Waals surface area (Å²) in [6.07, 6.45) is 1.77. The number of aryl methyl sites for hydroxylation is 2. The van der Waals surface area contributed by atoms with Crippen molar-refractivity contribution in [2.24, 2.45) is 0 Å². The molecule has 0 spiro atoms. The van der Waals surface area contributed by atoms with Crippen molar-refractivity contribution in [3.63, 3.8) is 0 Å². The number of hydrogen-bond acceptors (Lipinski definition) is 2. The molecule has 0 aliphatic carbocycles. The third-order valence-electron chi connectivity index (χ3n) is 2.31. The maximum Gasteiger partial charge on any atom is 0.153 e. The molecule has 0 saturated carbocycles. The minimum Gasteiger partial charge on any atom is -0.298 e. The smallest absolute Gasteiger partial charge is 0.153 e. The molecule has 0 N–H and O–H groups in total. The van der Waals surface area contributed by atoms with E-state index in [2.05, 4.69) is 11.7 Å². The van der Waals surface area contributed by atoms with Crippen LogP contribution in [0.25, 0.3) is 0 Å². The number of allylic oxidation sites excluding steroid dienone is 1. The van der Waals surface area contributed by atoms with Gasteiger partial charge in [0.25, 0.3) is 0 Å². The first-order valence-corrected chi connectivity index (χ1v) is 4.69. The fraction of sp³-hybridized carbons (Fsp3) is 0.455. The van der Waals surface area contributed by atoms with Gasteiger partial charge >= 0.3 is 0 Å². The Bertz CT molecular complexity index is 364. The van der Waals surface area contributed by atoms with Gasteiger partial charge in [-0.25, -0.2) is 0 Å². The second kappa shape index (κ2) is 4.22. The summed E-state index contributed by atoms with van der Waals surface area (Å²) in [4.78, 5) is 10.7. The molecule has 0 radical (unpaired) electrons. The van der Waals surface area contributed by atoms with Crippen molar-refractivity contribution in [3.05, 3.63) is 29.1 Å². The van der Waals surface area contributed by atoms with E-state index in [1.807, 2.05) is 25.5 Å². The Morgan fingerprint density at radius 3 is 2.64 bits per heavy atom. The molecule has 3 nitrogen and oxygen atoms in total. The van der Waals surface area contributed by atoms with Gasteiger partial charge in [0.2, 0.25) is 0 Å². The summed E-state index contributed by atoms with van der Waals surface area (Å²) in [7, 11) is 0. The van der Waals surface area contributed by atoms with E-state index in [0.29, 0.717) is 5.56 Å². The van der Waals surface area contributed by atoms with Crippen molar-refractivity contribution < 1.29 is 4.79 Å². The summed E-state index contributed by atoms with van der Waals surface area (Å²) < 4.78 is 1.87. The van der Waals surface area contributed by atoms with Crippen LogP contribution < -0.4 is 0 Å². The standard InChI is InChI=1S/C11H16N2O/c1-8(2)5-6-13-10(4)11(7-14)9(3)12-13/h7H,1,5-6H2,2-4H3. The van der Waals surface area contributed by atoms with Gasteiger partial charge in [-0.3, -0.25) is 9.48 Å². The molecule has 0 atom stereocenters. The van der Waals surface area contributed by atoms with Crippen LogP contribution in [0.3, 0.4) is 0 Å². The largest absolute Gasteiger partial charge is 0.298 e. The highest BCUT2D eigenvalue weighted by atomic mass is 16.1. The van der Waals surface area contributed by atoms with Crippen molar-refractivity contribution in [1.82, 2.24) is 9.78 Å². The number of nitrogens with zero attached hydrogens (tertiary/aromatic N) is 2. The molecule has 0 fully saturated rings. The molecule has 0 aliphatic heterocycles. The summed E-state index contributed by atoms with van der Waals surface area (Å²) in [6, 6.07) is 0. The first-order chi connectivity index (χ1) is 6.56. The molecule has 1 aromatic heterocycles. The quantitative estimate of drug-likeness (QED) is 0.542. The lowest BCUT2D eigenvalue weighted by atomic mass is 10.2. The number of rotatable bonds is 4. The first kappa shape index (κ1) is 10.7. The number of hydrogen-bond donors (Lipinski definition) is 0. The van der Waals surface area contributed by atoms with Crippen LogP contribution in [0.4, 0.5) is 0 Å². The normalized spacial score (nSPS) is 10.2. The minimum atomic E-state index is 0.715. The van der Waals surface area contributed by atoms with Gasteiger partial charge in [0.15, 0.2) is 6.29 Å². The van der Waals surface area contributed by atoms with Gasteiger partial charge in [0.05, 0.1) is 11.3 Å². The van der Waals surface area contributed by atoms with E-state index >= 15 is 0 Å². The Labute approximate surface area is 84.4 Å². The van der Waals surface area contributed by atoms with Gasteiger partial charge in [-0.2, -0.15) is 5.10 Å². The van der Waals surface area contributed by atoms with E-state index in [9.17, 15) is 4.79 Å². The SMILES string of the molecule is C=C(C)CCn1nc(C)c(C=O)c1C. The van der Waals surface area contributed by atoms with Gasteiger partial charge in [-0.05, 0) is 27.2 Å². The lowest BCUT2D eigenvalue weighted by Crippen LogP contribution is -2.03. The molecular weight excluding hydrogens is 176 g/mol. The Hall–Kier alpha value is -1.38. The van der Waals surface area contributed by atoms with Crippen molar-refractivity contribution in [2.45, 2.75) is 33.7 Å². The predicted octanol–water partition coefficient (Wildman–Crippen LogP) is 2.28. The number of aromatic nitrogens is 2. The molecular formula is C11H16N2O. The Morgan fingerprint density at radius 2 is 2.21 bits per heavy atom. The van der Waals surface area contributed by atoms with Crippen LogP contribution >= 0.6 is 0 Å². The zero-order valence-electron chi connectivity index (χ0n) is 9.00. The summed E-state index contributed by atoms with van der Waals surface area (Å²) >= 11 is 0. The van der Waals surface area contributed by atoms with Gasteiger partial charge in [-0.1, -0.05) is 5.57 Å². The van der Waals surface area contributed by atoms with Crippen LogP contribution in [0.15, 0.2) is 12.2 Å². The molecule has 76 valence electrons. The second-order valence-electron chi connectivity index (χ2n) is 3.63. The van der Waals surface area contributed by atoms with Crippen molar-refractivity contribution >= 4 is 6.29 Å². The summed E-state index contributed by atoms with van der Waals surface area (Å²) in [6.45, 7) is 10.4. The molecule has 0 aromatic carbocycles. The fourth-order valence-corrected chi connectivity index (χ4v) is 1.40. The van der Waals surface area contributed by atoms with E-state index in [-0.39, 0.29) is 0 Å². The molecule has 0 saturated heterocycles. The third-order valence-corrected chi connectivity index (χ3v) is 2.31. The van der Waals surface area contributed by atoms with Crippen molar-refractivity contribution in [2.75, 3.05) is 0 Å². The summed E-state index contributed by atoms with van der Waals surface area (Å²) in [5.74, 6) is 0. The summed E-state index contributed by atoms with van der Waals surface area (Å²) in [5, 5.41) is 4.30. The van der Waals surface area contributed by atoms with Crippen molar-refractivity contribution in [1.29, 1.82) is 0 Å². The van der Waals surface area contributed by atoms with E-state index in [4.69, 9.17) is 0 Å². The van der Waals surface area contributed by atoms with E-state index < -0.39 is 0 Å². The fourth-order valence-electron chi connectivity index (χ4n) is 1.40. The Kier molecular flexibility index (Phi) is 3.23. The van der Waals surface area contributed by atoms with Crippen LogP contribution in [0.5, 0.6) is 0 Å². The zero-order chi connectivity index (χ0) is 10.7. The highest BCUT2D eigenvalue weighted by Gasteiger charge is 2.09. The number of carbonyl (C=O) groups is 1. The highest BCUT2D eigenvalue weighted by Crippen LogP contribution is 2.11. The number of carbonyl (C=O) groups excluding carboxylic acids is 1. The topological polar surface area (TPSA) is 34.9 Å². The molecule has 14 heavy (non-hydrogen) atoms. The molecule has 0 bridgehead atoms. The molecule has 1 aromatic rings. The summed E-state index contributed by atoms with van der Waals surface area (Å²) in [5.41, 5.74) is 3.59. The molecule has 1 rings (SSSR count). The van der Waals surface area contributed by atoms with Crippen LogP contribution in [0, 0.1) is 13.8 Å². The zero-order valence-corrected chi connectivity index (χ0v) is 9.00. The van der Waals surface area contributed by atoms with Crippen molar-refractivity contribution in [3.8, 4) is 0 Å². The molecule has 3 heteroatoms. The Morgan fingerprint density at radius 1 is 1.57 bits per heavy atom. The minimum absolute atomic E-state index is 0.715. The third kappa shape index (κ3) is 2.10. The molecule has 1 heterocycles. The van der Waals surface area contributed by atoms with Crippen LogP contribution in [-0.2, 0) is 6.54 Å². The average molecular weight is 192 g/mol. The van der Waals surface area contributed by atoms with Gasteiger partial charge in [-0.15, -0.1) is 6.58 Å². The molecule has 0 unspecified atom stereocenters. The predicted molar refractivity (Wildman–Crippen MR) is 56.5 cm³/mol. The van der Waals surface area contributed by atoms with Gasteiger partial charge in [0.1, 0.15) is 0 Å². The Balaban J connectivity index is 2.88. The first-order valence-electron chi connectivity index (χ1n) is 4.69. The van der Waals surface area contributed by atoms with Gasteiger partial charge < -0.3 is 0 Å². The maximum absolute atomic E-state index is 10.7. The lowest BCUT2D eigenvalue weighted by Gasteiger charge is -2.03. The second-order valence-corrected chi connectivity index (χ2v) is 3.63. The maximum atomic E-state index is 10.7. The highest BCUT2D eigenvalue weighted by molar-refractivity contribution is 5.77. The van der Waals surface area contributed by atoms with Crippen LogP contribution in [-0.4, -0.2) is 16.1 Å². The average Bonchev–Trinajstić information content (AvgIpc) is 2.38. The number of aldehydes is 1.